The van der Waals surface area contributed by atoms with Crippen molar-refractivity contribution in [2.45, 2.75) is 79.1 Å². The lowest BCUT2D eigenvalue weighted by molar-refractivity contribution is 0.0905. The van der Waals surface area contributed by atoms with Crippen LogP contribution in [0, 0.1) is 25.2 Å². The molecule has 4 heteroatoms. The maximum absolute atomic E-state index is 11.2. The number of hydrogen-bond acceptors (Lipinski definition) is 3. The van der Waals surface area contributed by atoms with Crippen molar-refractivity contribution in [1.82, 2.24) is 14.5 Å². The molecule has 1 fully saturated rings. The topological polar surface area (TPSA) is 41.3 Å². The van der Waals surface area contributed by atoms with Crippen LogP contribution < -0.4 is 0 Å². The second-order valence-corrected chi connectivity index (χ2v) is 10.9. The van der Waals surface area contributed by atoms with E-state index in [1.54, 1.807) is 0 Å². The Balaban J connectivity index is 1.48. The lowest BCUT2D eigenvalue weighted by Crippen LogP contribution is -2.37. The van der Waals surface area contributed by atoms with Gasteiger partial charge in [-0.15, -0.1) is 0 Å². The van der Waals surface area contributed by atoms with E-state index in [1.165, 1.54) is 33.3 Å². The molecule has 3 unspecified atom stereocenters. The summed E-state index contributed by atoms with van der Waals surface area (Å²) in [6.07, 6.45) is 4.04. The summed E-state index contributed by atoms with van der Waals surface area (Å²) in [6, 6.07) is 11.4. The van der Waals surface area contributed by atoms with Gasteiger partial charge in [-0.2, -0.15) is 0 Å². The Morgan fingerprint density at radius 3 is 2.59 bits per heavy atom. The highest BCUT2D eigenvalue weighted by Crippen LogP contribution is 2.63. The van der Waals surface area contributed by atoms with Gasteiger partial charge < -0.3 is 9.67 Å². The minimum absolute atomic E-state index is 0.0444. The summed E-state index contributed by atoms with van der Waals surface area (Å²) >= 11 is 0. The van der Waals surface area contributed by atoms with Crippen LogP contribution >= 0.6 is 0 Å². The fraction of sp³-hybridized carbons (Fsp3) is 0.536. The molecule has 2 aromatic heterocycles. The van der Waals surface area contributed by atoms with Gasteiger partial charge in [-0.1, -0.05) is 38.5 Å². The van der Waals surface area contributed by atoms with E-state index in [0.717, 1.165) is 38.2 Å². The first-order chi connectivity index (χ1) is 15.1. The molecule has 3 aromatic rings. The van der Waals surface area contributed by atoms with E-state index in [4.69, 9.17) is 0 Å². The number of aromatic nitrogens is 2. The van der Waals surface area contributed by atoms with Gasteiger partial charge >= 0.3 is 0 Å². The highest BCUT2D eigenvalue weighted by Gasteiger charge is 2.73. The van der Waals surface area contributed by atoms with Crippen molar-refractivity contribution < 1.29 is 5.11 Å². The molecule has 2 aliphatic rings. The lowest BCUT2D eigenvalue weighted by atomic mass is 9.90. The lowest BCUT2D eigenvalue weighted by Gasteiger charge is -2.30. The molecule has 3 atom stereocenters. The Morgan fingerprint density at radius 1 is 1.16 bits per heavy atom. The number of rotatable bonds is 5. The molecule has 0 spiro atoms. The normalized spacial score (nSPS) is 27.8. The van der Waals surface area contributed by atoms with Gasteiger partial charge in [-0.05, 0) is 62.4 Å². The maximum atomic E-state index is 11.2. The molecule has 0 radical (unpaired) electrons. The zero-order chi connectivity index (χ0) is 22.8. The van der Waals surface area contributed by atoms with E-state index in [2.05, 4.69) is 72.5 Å². The summed E-state index contributed by atoms with van der Waals surface area (Å²) < 4.78 is 2.55. The van der Waals surface area contributed by atoms with Crippen molar-refractivity contribution >= 4 is 10.9 Å². The number of nitrogens with zero attached hydrogens (tertiary/aromatic N) is 3. The van der Waals surface area contributed by atoms with Gasteiger partial charge in [0, 0.05) is 66.0 Å². The molecular weight excluding hydrogens is 394 g/mol. The molecule has 32 heavy (non-hydrogen) atoms. The number of pyridine rings is 1. The quantitative estimate of drug-likeness (QED) is 0.615. The van der Waals surface area contributed by atoms with E-state index >= 15 is 0 Å². The predicted molar refractivity (Wildman–Crippen MR) is 131 cm³/mol. The van der Waals surface area contributed by atoms with Crippen LogP contribution in [0.2, 0.25) is 0 Å². The smallest absolute Gasteiger partial charge is 0.0852 e. The summed E-state index contributed by atoms with van der Waals surface area (Å²) in [5.74, 6) is 0.454. The molecule has 0 amide bonds. The molecule has 1 N–H and O–H groups in total. The third-order valence-corrected chi connectivity index (χ3v) is 8.71. The maximum Gasteiger partial charge on any atom is 0.0852 e. The van der Waals surface area contributed by atoms with Crippen molar-refractivity contribution in [2.75, 3.05) is 6.54 Å². The van der Waals surface area contributed by atoms with Crippen LogP contribution in [-0.4, -0.2) is 37.7 Å². The van der Waals surface area contributed by atoms with Gasteiger partial charge in [0.15, 0.2) is 0 Å². The highest BCUT2D eigenvalue weighted by atomic mass is 16.3. The average molecular weight is 432 g/mol. The van der Waals surface area contributed by atoms with Gasteiger partial charge in [0.05, 0.1) is 5.60 Å². The Labute approximate surface area is 192 Å². The van der Waals surface area contributed by atoms with Crippen molar-refractivity contribution in [3.05, 3.63) is 64.6 Å². The molecule has 1 aliphatic carbocycles. The summed E-state index contributed by atoms with van der Waals surface area (Å²) in [6.45, 7) is 15.9. The molecule has 1 saturated carbocycles. The third-order valence-electron chi connectivity index (χ3n) is 8.71. The SMILES string of the molecule is Cc1ccc2c(c1)c1c(n2CCc2ccc(C)nc2)CCN(C2C(C)(O)C2(C)C(C)C)C1. The first-order valence-corrected chi connectivity index (χ1v) is 12.1. The average Bonchev–Trinajstić information content (AvgIpc) is 3.06. The van der Waals surface area contributed by atoms with Crippen molar-refractivity contribution in [3.63, 3.8) is 0 Å². The molecule has 1 aromatic carbocycles. The molecule has 1 aliphatic heterocycles. The predicted octanol–water partition coefficient (Wildman–Crippen LogP) is 5.05. The number of aliphatic hydroxyl groups is 1. The molecule has 170 valence electrons. The summed E-state index contributed by atoms with van der Waals surface area (Å²) in [7, 11) is 0. The number of fused-ring (bicyclic) bond motifs is 3. The third kappa shape index (κ3) is 3.14. The van der Waals surface area contributed by atoms with Gasteiger partial charge in [0.25, 0.3) is 0 Å². The Bertz CT molecular complexity index is 1160. The molecular formula is C28H37N3O. The monoisotopic (exact) mass is 431 g/mol. The standard InChI is InChI=1S/C28H37N3O/c1-18(2)27(5)26(28(27,6)32)30-13-12-25-23(17-30)22-15-19(3)7-10-24(22)31(25)14-11-21-9-8-20(4)29-16-21/h7-10,15-16,18,26,32H,11-14,17H2,1-6H3. The summed E-state index contributed by atoms with van der Waals surface area (Å²) in [4.78, 5) is 7.03. The van der Waals surface area contributed by atoms with Gasteiger partial charge in [-0.25, -0.2) is 0 Å². The second kappa shape index (κ2) is 7.43. The van der Waals surface area contributed by atoms with Gasteiger partial charge in [0.2, 0.25) is 0 Å². The first-order valence-electron chi connectivity index (χ1n) is 12.1. The Morgan fingerprint density at radius 2 is 1.94 bits per heavy atom. The van der Waals surface area contributed by atoms with E-state index in [0.29, 0.717) is 5.92 Å². The number of aryl methyl sites for hydroxylation is 4. The molecule has 0 saturated heterocycles. The summed E-state index contributed by atoms with van der Waals surface area (Å²) in [5.41, 5.74) is 7.29. The van der Waals surface area contributed by atoms with Gasteiger partial charge in [-0.3, -0.25) is 9.88 Å². The van der Waals surface area contributed by atoms with Crippen LogP contribution in [0.5, 0.6) is 0 Å². The van der Waals surface area contributed by atoms with Crippen LogP contribution in [0.1, 0.15) is 55.8 Å². The van der Waals surface area contributed by atoms with E-state index < -0.39 is 5.60 Å². The Kier molecular flexibility index (Phi) is 5.03. The number of benzene rings is 1. The van der Waals surface area contributed by atoms with Crippen LogP contribution in [0.15, 0.2) is 36.5 Å². The largest absolute Gasteiger partial charge is 0.388 e. The van der Waals surface area contributed by atoms with E-state index in [1.807, 2.05) is 20.0 Å². The molecule has 5 rings (SSSR count). The Hall–Kier alpha value is -2.17. The van der Waals surface area contributed by atoms with Gasteiger partial charge in [0.1, 0.15) is 0 Å². The fourth-order valence-corrected chi connectivity index (χ4v) is 6.36. The van der Waals surface area contributed by atoms with Crippen molar-refractivity contribution in [1.29, 1.82) is 0 Å². The zero-order valence-electron chi connectivity index (χ0n) is 20.4. The van der Waals surface area contributed by atoms with Crippen LogP contribution in [0.25, 0.3) is 10.9 Å². The van der Waals surface area contributed by atoms with Crippen molar-refractivity contribution in [2.24, 2.45) is 11.3 Å². The van der Waals surface area contributed by atoms with Crippen LogP contribution in [0.3, 0.4) is 0 Å². The van der Waals surface area contributed by atoms with Crippen LogP contribution in [0.4, 0.5) is 0 Å². The van der Waals surface area contributed by atoms with E-state index in [-0.39, 0.29) is 11.5 Å². The molecule has 0 bridgehead atoms. The van der Waals surface area contributed by atoms with Crippen LogP contribution in [-0.2, 0) is 25.9 Å². The fourth-order valence-electron chi connectivity index (χ4n) is 6.36. The molecule has 4 nitrogen and oxygen atoms in total. The second-order valence-electron chi connectivity index (χ2n) is 10.9. The van der Waals surface area contributed by atoms with E-state index in [9.17, 15) is 5.11 Å². The first kappa shape index (κ1) is 21.7. The minimum Gasteiger partial charge on any atom is -0.388 e. The highest BCUT2D eigenvalue weighted by molar-refractivity contribution is 5.86. The number of hydrogen-bond donors (Lipinski definition) is 1. The van der Waals surface area contributed by atoms with Crippen molar-refractivity contribution in [3.8, 4) is 0 Å². The molecule has 3 heterocycles. The summed E-state index contributed by atoms with van der Waals surface area (Å²) in [5, 5.41) is 12.6. The minimum atomic E-state index is -0.620. The zero-order valence-corrected chi connectivity index (χ0v) is 20.4.